The second-order valence-corrected chi connectivity index (χ2v) is 40.8. The van der Waals surface area contributed by atoms with Crippen LogP contribution in [0, 0.1) is 0 Å². The highest BCUT2D eigenvalue weighted by molar-refractivity contribution is 7.00. The van der Waals surface area contributed by atoms with Gasteiger partial charge in [0.2, 0.25) is 0 Å². The third-order valence-electron chi connectivity index (χ3n) is 23.8. The number of hydrogen-bond donors (Lipinski definition) is 0. The molecule has 0 atom stereocenters. The average molecular weight is 1610 g/mol. The maximum absolute atomic E-state index is 11.9. The van der Waals surface area contributed by atoms with E-state index in [-0.39, 0.29) is 128 Å². The lowest BCUT2D eigenvalue weighted by atomic mass is 9.33. The Labute approximate surface area is 763 Å². The lowest BCUT2D eigenvalue weighted by Crippen LogP contribution is -2.61. The summed E-state index contributed by atoms with van der Waals surface area (Å²) in [6.45, 7) is 44.9. The van der Waals surface area contributed by atoms with E-state index in [0.717, 1.165) is 22.3 Å². The number of hydrogen-bond acceptors (Lipinski definition) is 2. The molecule has 0 saturated carbocycles. The van der Waals surface area contributed by atoms with Gasteiger partial charge >= 0.3 is 0 Å². The van der Waals surface area contributed by atoms with Crippen molar-refractivity contribution in [3.63, 3.8) is 0 Å². The van der Waals surface area contributed by atoms with Crippen LogP contribution in [0.3, 0.4) is 0 Å². The van der Waals surface area contributed by atoms with Crippen LogP contribution in [0.4, 0.5) is 34.1 Å². The van der Waals surface area contributed by atoms with E-state index in [2.05, 4.69) is 113 Å². The number of fused-ring (bicyclic) bond motifs is 10. The fraction of sp³-hybridized carbons (Fsp3) is 0.276. The van der Waals surface area contributed by atoms with Crippen molar-refractivity contribution in [3.05, 3.63) is 329 Å². The van der Waals surface area contributed by atoms with E-state index in [4.69, 9.17) is 1.37 Å². The van der Waals surface area contributed by atoms with Crippen molar-refractivity contribution in [1.29, 1.82) is 0 Å². The minimum atomic E-state index is -1.41. The van der Waals surface area contributed by atoms with Crippen LogP contribution in [0.1, 0.15) is 252 Å². The molecule has 0 unspecified atom stereocenters. The van der Waals surface area contributed by atoms with E-state index < -0.39 is 253 Å². The molecule has 0 radical (unpaired) electrons. The SMILES string of the molecule is [2H]c1c([2H])c([2H])c(-c2ccc3c(c2)N(c2c(-c4ccc(C(C)(C)C)cc4)cc(C(C)(C)C)cc2-c2ccc(C(C)(C)C)cc2C(C)(C)C)c2cc(-n4c5c([2H])c([2H])c([2H])c([2H])c5c5c([2H])c([2H])c([2H])c([2H])c54)cc4c2B3c2ccc(-n3c5c([2H])c([2H])c([2H])c([2H])c5c5c([2H])c([2H])c([2H])c([2H])c53)cc2N4c2c(-c3c([2H])c([2H])c(C(C)(C)C)c([2H])c3[2H])c([2H])c(C(C)(C)C)c([2H])c2-c2c([2H])c(C(C)(C)C)c([2H])c([2H])c2C(C)(C)C)c([2H])c1[2H]. The Balaban J connectivity index is 1.23. The summed E-state index contributed by atoms with van der Waals surface area (Å²) in [5.74, 6) is 0. The molecule has 2 aliphatic heterocycles. The van der Waals surface area contributed by atoms with Crippen LogP contribution in [-0.4, -0.2) is 15.8 Å². The first-order valence-corrected chi connectivity index (χ1v) is 41.6. The first-order valence-electron chi connectivity index (χ1n) is 56.6. The normalized spacial score (nSPS) is 17.0. The summed E-state index contributed by atoms with van der Waals surface area (Å²) in [4.78, 5) is 3.59. The van der Waals surface area contributed by atoms with Gasteiger partial charge in [-0.15, -0.1) is 0 Å². The van der Waals surface area contributed by atoms with Crippen LogP contribution in [0.5, 0.6) is 0 Å². The van der Waals surface area contributed by atoms with Gasteiger partial charge in [-0.2, -0.15) is 0 Å². The Morgan fingerprint density at radius 3 is 1.16 bits per heavy atom. The molecule has 0 aliphatic carbocycles. The predicted octanol–water partition coefficient (Wildman–Crippen LogP) is 30.7. The van der Waals surface area contributed by atoms with Crippen molar-refractivity contribution >= 4 is 101 Å². The van der Waals surface area contributed by atoms with E-state index in [1.165, 1.54) is 9.13 Å². The number of nitrogens with zero attached hydrogens (tertiary/aromatic N) is 4. The van der Waals surface area contributed by atoms with Gasteiger partial charge in [-0.1, -0.05) is 372 Å². The van der Waals surface area contributed by atoms with E-state index in [1.807, 2.05) is 29.2 Å². The molecule has 0 spiro atoms. The Bertz CT molecular complexity index is 8540. The van der Waals surface area contributed by atoms with Gasteiger partial charge in [0.05, 0.1) is 80.3 Å². The van der Waals surface area contributed by atoms with E-state index in [1.54, 1.807) is 137 Å². The molecule has 0 saturated heterocycles. The summed E-state index contributed by atoms with van der Waals surface area (Å²) >= 11 is 0. The minimum absolute atomic E-state index is 0.00444. The molecule has 121 heavy (non-hydrogen) atoms. The highest BCUT2D eigenvalue weighted by Gasteiger charge is 2.47. The molecule has 0 amide bonds. The first-order chi connectivity index (χ1) is 69.6. The maximum Gasteiger partial charge on any atom is 0.252 e. The number of aromatic nitrogens is 2. The zero-order chi connectivity index (χ0) is 112. The number of rotatable bonds is 9. The van der Waals surface area contributed by atoms with E-state index >= 15 is 0 Å². The molecule has 2 aliphatic rings. The fourth-order valence-corrected chi connectivity index (χ4v) is 17.2. The minimum Gasteiger partial charge on any atom is -0.310 e. The molecule has 16 aromatic rings. The van der Waals surface area contributed by atoms with Gasteiger partial charge in [0, 0.05) is 72.2 Å². The Hall–Kier alpha value is -11.7. The molecular formula is C116H119BN4. The standard InChI is InChI=1S/C116H119BN4/c1-109(2,3)76-51-46-73(47-52-76)89-64-80(113(13,14)15)66-92(84-58-55-79(112(10,11)12)68-95(84)116(22,23)24)107(89)120-102-62-75(72-36-26-25-27-37-72)50-60-96(102)117-97-61-57-82(118-98-42-32-28-38-85(98)86-39-29-33-43-99(86)118)69-103(97)121(105-71-83(70-104(120)106(105)117)119-100-44-34-30-40-87(100)88-41-31-35-45-101(88)119)108-90(74-48-53-77(54-49-74)110(4,5)6)65-81(114(16,17)18)67-93(108)91-63-78(111(7,8)9)56-59-94(91)115(19,20)21/h25-71H,1-24H3/i25D,26D,27D,28D,29D,30D,31D,32D,33D,34D,35D,36D,37D,38D,39D,40D,41D,42D,43D,44D,45D,48D,49D,53D,54D,56D,59D,63D,65D,67D. The summed E-state index contributed by atoms with van der Waals surface area (Å²) in [5.41, 5.74) is -4.52. The Kier molecular flexibility index (Phi) is 12.4. The van der Waals surface area contributed by atoms with Gasteiger partial charge in [0.1, 0.15) is 0 Å². The predicted molar refractivity (Wildman–Crippen MR) is 526 cm³/mol. The molecule has 0 bridgehead atoms. The monoisotopic (exact) mass is 1610 g/mol. The smallest absolute Gasteiger partial charge is 0.252 e. The molecule has 606 valence electrons. The molecule has 14 aromatic carbocycles. The zero-order valence-corrected chi connectivity index (χ0v) is 73.7. The van der Waals surface area contributed by atoms with Crippen molar-refractivity contribution in [2.75, 3.05) is 9.80 Å². The molecule has 4 nitrogen and oxygen atoms in total. The van der Waals surface area contributed by atoms with Gasteiger partial charge in [-0.3, -0.25) is 0 Å². The van der Waals surface area contributed by atoms with Crippen LogP contribution in [0.25, 0.3) is 111 Å². The summed E-state index contributed by atoms with van der Waals surface area (Å²) < 4.78 is 309. The molecule has 4 heterocycles. The van der Waals surface area contributed by atoms with Gasteiger partial charge in [-0.05, 0) is 216 Å². The molecule has 2 aromatic heterocycles. The summed E-state index contributed by atoms with van der Waals surface area (Å²) in [7, 11) is 0. The van der Waals surface area contributed by atoms with E-state index in [9.17, 15) is 39.8 Å². The largest absolute Gasteiger partial charge is 0.310 e. The van der Waals surface area contributed by atoms with Crippen LogP contribution < -0.4 is 26.2 Å². The van der Waals surface area contributed by atoms with Crippen molar-refractivity contribution in [2.24, 2.45) is 0 Å². The molecule has 0 fully saturated rings. The Morgan fingerprint density at radius 2 is 0.653 bits per heavy atom. The van der Waals surface area contributed by atoms with Crippen molar-refractivity contribution < 1.29 is 41.1 Å². The van der Waals surface area contributed by atoms with Crippen LogP contribution in [0.15, 0.2) is 284 Å². The van der Waals surface area contributed by atoms with Crippen LogP contribution in [-0.2, 0) is 43.3 Å². The average Bonchev–Trinajstić information content (AvgIpc) is 1.49. The number of benzene rings is 14. The lowest BCUT2D eigenvalue weighted by molar-refractivity contribution is 0.569. The van der Waals surface area contributed by atoms with Crippen molar-refractivity contribution in [1.82, 2.24) is 9.13 Å². The van der Waals surface area contributed by atoms with Crippen LogP contribution in [0.2, 0.25) is 0 Å². The van der Waals surface area contributed by atoms with Gasteiger partial charge in [0.25, 0.3) is 6.71 Å². The topological polar surface area (TPSA) is 16.3 Å². The molecular weight excluding hydrogens is 1460 g/mol. The zero-order valence-electron chi connectivity index (χ0n) is 104. The third-order valence-corrected chi connectivity index (χ3v) is 23.8. The first kappa shape index (κ1) is 52.5. The van der Waals surface area contributed by atoms with E-state index in [0.29, 0.717) is 33.4 Å². The van der Waals surface area contributed by atoms with Gasteiger partial charge in [0.15, 0.2) is 0 Å². The molecule has 5 heteroatoms. The van der Waals surface area contributed by atoms with Crippen LogP contribution >= 0.6 is 0 Å². The number of para-hydroxylation sites is 4. The van der Waals surface area contributed by atoms with Crippen molar-refractivity contribution in [2.45, 2.75) is 209 Å². The lowest BCUT2D eigenvalue weighted by Gasteiger charge is -2.46. The van der Waals surface area contributed by atoms with Gasteiger partial charge < -0.3 is 18.9 Å². The second kappa shape index (κ2) is 28.5. The quantitative estimate of drug-likeness (QED) is 0.134. The third kappa shape index (κ3) is 14.0. The van der Waals surface area contributed by atoms with Gasteiger partial charge in [-0.25, -0.2) is 0 Å². The molecule has 18 rings (SSSR count). The fourth-order valence-electron chi connectivity index (χ4n) is 17.2. The van der Waals surface area contributed by atoms with Crippen molar-refractivity contribution in [3.8, 4) is 67.0 Å². The summed E-state index contributed by atoms with van der Waals surface area (Å²) in [6, 6.07) is 12.0. The highest BCUT2D eigenvalue weighted by Crippen LogP contribution is 2.58. The Morgan fingerprint density at radius 1 is 0.240 bits per heavy atom. The maximum atomic E-state index is 11.9. The summed E-state index contributed by atoms with van der Waals surface area (Å²) in [5, 5.41) is -1.41. The summed E-state index contributed by atoms with van der Waals surface area (Å²) in [6.07, 6.45) is 0. The molecule has 0 N–H and O–H groups in total. The number of anilines is 6. The second-order valence-electron chi connectivity index (χ2n) is 40.8. The highest BCUT2D eigenvalue weighted by atomic mass is 15.2.